The van der Waals surface area contributed by atoms with Crippen molar-refractivity contribution in [3.05, 3.63) is 53.0 Å². The predicted molar refractivity (Wildman–Crippen MR) is 91.1 cm³/mol. The molecule has 3 rings (SSSR count). The van der Waals surface area contributed by atoms with Crippen LogP contribution in [0.3, 0.4) is 0 Å². The van der Waals surface area contributed by atoms with Crippen molar-refractivity contribution in [3.63, 3.8) is 0 Å². The number of hydrogen-bond acceptors (Lipinski definition) is 4. The summed E-state index contributed by atoms with van der Waals surface area (Å²) in [5.41, 5.74) is 2.23. The number of rotatable bonds is 4. The minimum absolute atomic E-state index is 0.0171. The van der Waals surface area contributed by atoms with E-state index in [-0.39, 0.29) is 23.3 Å². The van der Waals surface area contributed by atoms with Gasteiger partial charge in [-0.3, -0.25) is 4.79 Å². The largest absolute Gasteiger partial charge is 0.490 e. The second-order valence-electron chi connectivity index (χ2n) is 6.38. The Bertz CT molecular complexity index is 787. The monoisotopic (exact) mass is 343 g/mol. The average Bonchev–Trinajstić information content (AvgIpc) is 3.08. The molecule has 0 atom stereocenters. The van der Waals surface area contributed by atoms with Crippen LogP contribution >= 0.6 is 0 Å². The number of carboxylic acids is 1. The quantitative estimate of drug-likeness (QED) is 0.921. The standard InChI is InChI=1S/C19H21NO5/c1-12-3-4-13(2)16(9-12)25-15-5-7-20(8-6-15)18(21)17-10-14(11-24-17)19(22)23/h3-4,9-11,15H,5-8H2,1-2H3,(H,22,23). The lowest BCUT2D eigenvalue weighted by Crippen LogP contribution is -2.41. The maximum Gasteiger partial charge on any atom is 0.338 e. The Kier molecular flexibility index (Phi) is 4.79. The van der Waals surface area contributed by atoms with Gasteiger partial charge in [-0.25, -0.2) is 4.79 Å². The van der Waals surface area contributed by atoms with Gasteiger partial charge in [-0.2, -0.15) is 0 Å². The van der Waals surface area contributed by atoms with Crippen LogP contribution < -0.4 is 4.74 Å². The molecule has 1 aromatic carbocycles. The van der Waals surface area contributed by atoms with Gasteiger partial charge in [0.25, 0.3) is 5.91 Å². The van der Waals surface area contributed by atoms with Crippen molar-refractivity contribution in [2.24, 2.45) is 0 Å². The first-order valence-corrected chi connectivity index (χ1v) is 8.29. The van der Waals surface area contributed by atoms with Crippen LogP contribution in [0.2, 0.25) is 0 Å². The molecule has 132 valence electrons. The molecule has 0 bridgehead atoms. The van der Waals surface area contributed by atoms with E-state index in [1.54, 1.807) is 4.90 Å². The Morgan fingerprint density at radius 3 is 2.56 bits per heavy atom. The van der Waals surface area contributed by atoms with Crippen molar-refractivity contribution >= 4 is 11.9 Å². The van der Waals surface area contributed by atoms with Gasteiger partial charge in [0, 0.05) is 32.0 Å². The van der Waals surface area contributed by atoms with E-state index in [1.165, 1.54) is 6.07 Å². The highest BCUT2D eigenvalue weighted by Crippen LogP contribution is 2.24. The maximum atomic E-state index is 12.4. The van der Waals surface area contributed by atoms with Crippen molar-refractivity contribution < 1.29 is 23.8 Å². The molecule has 1 fully saturated rings. The number of likely N-dealkylation sites (tertiary alicyclic amines) is 1. The molecule has 0 radical (unpaired) electrons. The van der Waals surface area contributed by atoms with Crippen LogP contribution in [0.5, 0.6) is 5.75 Å². The fourth-order valence-corrected chi connectivity index (χ4v) is 2.91. The van der Waals surface area contributed by atoms with Gasteiger partial charge in [-0.05, 0) is 31.0 Å². The van der Waals surface area contributed by atoms with Crippen molar-refractivity contribution in [3.8, 4) is 5.75 Å². The van der Waals surface area contributed by atoms with Gasteiger partial charge in [-0.1, -0.05) is 12.1 Å². The smallest absolute Gasteiger partial charge is 0.338 e. The van der Waals surface area contributed by atoms with E-state index in [9.17, 15) is 9.59 Å². The maximum absolute atomic E-state index is 12.4. The van der Waals surface area contributed by atoms with Gasteiger partial charge in [0.1, 0.15) is 18.1 Å². The van der Waals surface area contributed by atoms with Gasteiger partial charge >= 0.3 is 5.97 Å². The first-order valence-electron chi connectivity index (χ1n) is 8.29. The van der Waals surface area contributed by atoms with Crippen LogP contribution in [0, 0.1) is 13.8 Å². The summed E-state index contributed by atoms with van der Waals surface area (Å²) in [5.74, 6) is -0.436. The summed E-state index contributed by atoms with van der Waals surface area (Å²) < 4.78 is 11.2. The van der Waals surface area contributed by atoms with Crippen LogP contribution in [0.25, 0.3) is 0 Å². The van der Waals surface area contributed by atoms with E-state index in [2.05, 4.69) is 6.07 Å². The number of furan rings is 1. The highest BCUT2D eigenvalue weighted by Gasteiger charge is 2.27. The molecule has 1 aliphatic rings. The molecule has 1 N–H and O–H groups in total. The molecule has 25 heavy (non-hydrogen) atoms. The van der Waals surface area contributed by atoms with E-state index in [4.69, 9.17) is 14.3 Å². The molecule has 1 aliphatic heterocycles. The first-order chi connectivity index (χ1) is 11.9. The van der Waals surface area contributed by atoms with Gasteiger partial charge < -0.3 is 19.2 Å². The van der Waals surface area contributed by atoms with Crippen molar-refractivity contribution in [2.75, 3.05) is 13.1 Å². The summed E-state index contributed by atoms with van der Waals surface area (Å²) in [5, 5.41) is 8.91. The number of ether oxygens (including phenoxy) is 1. The molecule has 0 spiro atoms. The van der Waals surface area contributed by atoms with Crippen molar-refractivity contribution in [1.29, 1.82) is 0 Å². The molecule has 1 amide bonds. The number of benzene rings is 1. The molecular weight excluding hydrogens is 322 g/mol. The molecule has 0 saturated carbocycles. The summed E-state index contributed by atoms with van der Waals surface area (Å²) >= 11 is 0. The number of hydrogen-bond donors (Lipinski definition) is 1. The second kappa shape index (κ2) is 7.01. The van der Waals surface area contributed by atoms with Gasteiger partial charge in [0.15, 0.2) is 5.76 Å². The van der Waals surface area contributed by atoms with Crippen molar-refractivity contribution in [2.45, 2.75) is 32.8 Å². The van der Waals surface area contributed by atoms with Crippen molar-refractivity contribution in [1.82, 2.24) is 4.90 Å². The highest BCUT2D eigenvalue weighted by atomic mass is 16.5. The minimum Gasteiger partial charge on any atom is -0.490 e. The molecule has 1 saturated heterocycles. The molecule has 0 unspecified atom stereocenters. The number of aromatic carboxylic acids is 1. The van der Waals surface area contributed by atoms with Crippen LogP contribution in [-0.2, 0) is 0 Å². The van der Waals surface area contributed by atoms with E-state index in [0.29, 0.717) is 13.1 Å². The fraction of sp³-hybridized carbons (Fsp3) is 0.368. The summed E-state index contributed by atoms with van der Waals surface area (Å²) in [6.07, 6.45) is 2.61. The summed E-state index contributed by atoms with van der Waals surface area (Å²) in [7, 11) is 0. The zero-order valence-corrected chi connectivity index (χ0v) is 14.3. The van der Waals surface area contributed by atoms with E-state index in [0.717, 1.165) is 36.0 Å². The Labute approximate surface area is 146 Å². The number of aryl methyl sites for hydroxylation is 2. The first kappa shape index (κ1) is 17.1. The molecule has 2 aromatic rings. The summed E-state index contributed by atoms with van der Waals surface area (Å²) in [4.78, 5) is 25.0. The zero-order valence-electron chi connectivity index (χ0n) is 14.3. The van der Waals surface area contributed by atoms with E-state index >= 15 is 0 Å². The number of carbonyl (C=O) groups is 2. The lowest BCUT2D eigenvalue weighted by Gasteiger charge is -2.32. The zero-order chi connectivity index (χ0) is 18.0. The number of carboxylic acid groups (broad SMARTS) is 1. The normalized spacial score (nSPS) is 15.2. The third-order valence-electron chi connectivity index (χ3n) is 4.42. The van der Waals surface area contributed by atoms with Gasteiger partial charge in [-0.15, -0.1) is 0 Å². The van der Waals surface area contributed by atoms with Crippen LogP contribution in [0.1, 0.15) is 44.9 Å². The molecule has 1 aromatic heterocycles. The number of amides is 1. The lowest BCUT2D eigenvalue weighted by molar-refractivity contribution is 0.0565. The summed E-state index contributed by atoms with van der Waals surface area (Å²) in [6.45, 7) is 5.15. The third kappa shape index (κ3) is 3.84. The van der Waals surface area contributed by atoms with Crippen LogP contribution in [-0.4, -0.2) is 41.1 Å². The number of nitrogens with zero attached hydrogens (tertiary/aromatic N) is 1. The topological polar surface area (TPSA) is 80.0 Å². The molecule has 0 aliphatic carbocycles. The fourth-order valence-electron chi connectivity index (χ4n) is 2.91. The molecule has 6 heteroatoms. The van der Waals surface area contributed by atoms with Crippen LogP contribution in [0.15, 0.2) is 34.9 Å². The lowest BCUT2D eigenvalue weighted by atomic mass is 10.1. The highest BCUT2D eigenvalue weighted by molar-refractivity contribution is 5.95. The second-order valence-corrected chi connectivity index (χ2v) is 6.38. The Morgan fingerprint density at radius 1 is 1.20 bits per heavy atom. The Balaban J connectivity index is 1.58. The molecular formula is C19H21NO5. The molecule has 6 nitrogen and oxygen atoms in total. The average molecular weight is 343 g/mol. The van der Waals surface area contributed by atoms with E-state index in [1.807, 2.05) is 26.0 Å². The molecule has 2 heterocycles. The third-order valence-corrected chi connectivity index (χ3v) is 4.42. The SMILES string of the molecule is Cc1ccc(C)c(OC2CCN(C(=O)c3cc(C(=O)O)co3)CC2)c1. The van der Waals surface area contributed by atoms with Crippen LogP contribution in [0.4, 0.5) is 0 Å². The Morgan fingerprint density at radius 2 is 1.92 bits per heavy atom. The number of carbonyl (C=O) groups excluding carboxylic acids is 1. The minimum atomic E-state index is -1.11. The van der Waals surface area contributed by atoms with Gasteiger partial charge in [0.2, 0.25) is 0 Å². The predicted octanol–water partition coefficient (Wildman–Crippen LogP) is 3.28. The van der Waals surface area contributed by atoms with E-state index < -0.39 is 5.97 Å². The van der Waals surface area contributed by atoms with Gasteiger partial charge in [0.05, 0.1) is 5.56 Å². The summed E-state index contributed by atoms with van der Waals surface area (Å²) in [6, 6.07) is 7.39. The Hall–Kier alpha value is -2.76. The number of piperidine rings is 1.